The molecule has 0 fully saturated rings. The molecule has 0 spiro atoms. The fourth-order valence-corrected chi connectivity index (χ4v) is 3.64. The standard InChI is InChI=1S/C27H32N4O7/c1-27(2,3)38-26(36)29-16-22(32)28-15-17-6-9-19(10-7-17)30-23(33)18-8-11-20-21(14-18)25(35)31(24(20)34)12-5-13-37-4/h6-11,14H,5,12-13,15-16H2,1-4H3,(H,28,32)(H,29,36)(H,30,33). The largest absolute Gasteiger partial charge is 0.444 e. The quantitative estimate of drug-likeness (QED) is 0.320. The molecule has 0 saturated carbocycles. The Labute approximate surface area is 220 Å². The van der Waals surface area contributed by atoms with E-state index in [4.69, 9.17) is 9.47 Å². The predicted molar refractivity (Wildman–Crippen MR) is 139 cm³/mol. The Balaban J connectivity index is 1.51. The van der Waals surface area contributed by atoms with E-state index in [2.05, 4.69) is 16.0 Å². The number of carbonyl (C=O) groups excluding carboxylic acids is 5. The zero-order valence-corrected chi connectivity index (χ0v) is 21.9. The van der Waals surface area contributed by atoms with Crippen LogP contribution >= 0.6 is 0 Å². The third-order valence-corrected chi connectivity index (χ3v) is 5.46. The van der Waals surface area contributed by atoms with Gasteiger partial charge in [-0.2, -0.15) is 0 Å². The van der Waals surface area contributed by atoms with Gasteiger partial charge in [0.1, 0.15) is 12.1 Å². The molecule has 11 heteroatoms. The first kappa shape index (κ1) is 28.3. The molecule has 38 heavy (non-hydrogen) atoms. The number of amides is 5. The average molecular weight is 525 g/mol. The summed E-state index contributed by atoms with van der Waals surface area (Å²) in [6.45, 7) is 5.87. The molecule has 0 radical (unpaired) electrons. The molecule has 1 heterocycles. The monoisotopic (exact) mass is 524 g/mol. The highest BCUT2D eigenvalue weighted by molar-refractivity contribution is 6.22. The fraction of sp³-hybridized carbons (Fsp3) is 0.370. The van der Waals surface area contributed by atoms with Gasteiger partial charge in [0.15, 0.2) is 0 Å². The maximum atomic E-state index is 12.8. The molecule has 0 aromatic heterocycles. The third kappa shape index (κ3) is 7.62. The topological polar surface area (TPSA) is 143 Å². The minimum Gasteiger partial charge on any atom is -0.444 e. The van der Waals surface area contributed by atoms with E-state index in [0.717, 1.165) is 10.5 Å². The summed E-state index contributed by atoms with van der Waals surface area (Å²) in [6.07, 6.45) is -0.149. The molecule has 0 unspecified atom stereocenters. The van der Waals surface area contributed by atoms with Gasteiger partial charge in [-0.1, -0.05) is 12.1 Å². The molecule has 3 rings (SSSR count). The average Bonchev–Trinajstić information content (AvgIpc) is 3.10. The first-order chi connectivity index (χ1) is 18.0. The molecular weight excluding hydrogens is 492 g/mol. The van der Waals surface area contributed by atoms with Gasteiger partial charge in [0, 0.05) is 38.1 Å². The molecule has 0 aliphatic carbocycles. The SMILES string of the molecule is COCCCN1C(=O)c2ccc(C(=O)Nc3ccc(CNC(=O)CNC(=O)OC(C)(C)C)cc3)cc2C1=O. The van der Waals surface area contributed by atoms with Crippen molar-refractivity contribution in [1.82, 2.24) is 15.5 Å². The molecule has 202 valence electrons. The van der Waals surface area contributed by atoms with Crippen LogP contribution in [0.5, 0.6) is 0 Å². The zero-order chi connectivity index (χ0) is 27.9. The predicted octanol–water partition coefficient (Wildman–Crippen LogP) is 2.71. The van der Waals surface area contributed by atoms with Crippen molar-refractivity contribution in [2.75, 3.05) is 32.1 Å². The maximum absolute atomic E-state index is 12.8. The van der Waals surface area contributed by atoms with Crippen LogP contribution in [-0.2, 0) is 20.8 Å². The fourth-order valence-electron chi connectivity index (χ4n) is 3.64. The number of nitrogens with zero attached hydrogens (tertiary/aromatic N) is 1. The minimum atomic E-state index is -0.675. The van der Waals surface area contributed by atoms with Crippen molar-refractivity contribution in [3.8, 4) is 0 Å². The van der Waals surface area contributed by atoms with Crippen LogP contribution < -0.4 is 16.0 Å². The summed E-state index contributed by atoms with van der Waals surface area (Å²) in [4.78, 5) is 62.8. The molecule has 3 N–H and O–H groups in total. The molecule has 11 nitrogen and oxygen atoms in total. The molecular formula is C27H32N4O7. The van der Waals surface area contributed by atoms with Crippen LogP contribution in [0, 0.1) is 0 Å². The summed E-state index contributed by atoms with van der Waals surface area (Å²) in [5.74, 6) is -1.62. The summed E-state index contributed by atoms with van der Waals surface area (Å²) in [7, 11) is 1.55. The number of imide groups is 1. The Morgan fingerprint density at radius 2 is 1.61 bits per heavy atom. The van der Waals surface area contributed by atoms with Crippen molar-refractivity contribution in [2.24, 2.45) is 0 Å². The number of carbonyl (C=O) groups is 5. The van der Waals surface area contributed by atoms with E-state index >= 15 is 0 Å². The lowest BCUT2D eigenvalue weighted by Crippen LogP contribution is -2.39. The lowest BCUT2D eigenvalue weighted by atomic mass is 10.1. The van der Waals surface area contributed by atoms with Crippen molar-refractivity contribution in [3.63, 3.8) is 0 Å². The number of fused-ring (bicyclic) bond motifs is 1. The zero-order valence-electron chi connectivity index (χ0n) is 21.9. The van der Waals surface area contributed by atoms with Crippen LogP contribution in [0.15, 0.2) is 42.5 Å². The smallest absolute Gasteiger partial charge is 0.408 e. The molecule has 0 saturated heterocycles. The van der Waals surface area contributed by atoms with Crippen LogP contribution in [0.3, 0.4) is 0 Å². The van der Waals surface area contributed by atoms with E-state index in [1.807, 2.05) is 0 Å². The summed E-state index contributed by atoms with van der Waals surface area (Å²) >= 11 is 0. The Morgan fingerprint density at radius 3 is 2.26 bits per heavy atom. The highest BCUT2D eigenvalue weighted by Crippen LogP contribution is 2.25. The van der Waals surface area contributed by atoms with Gasteiger partial charge >= 0.3 is 6.09 Å². The van der Waals surface area contributed by atoms with Gasteiger partial charge < -0.3 is 25.4 Å². The number of nitrogens with one attached hydrogen (secondary N) is 3. The third-order valence-electron chi connectivity index (χ3n) is 5.46. The number of hydrogen-bond acceptors (Lipinski definition) is 7. The van der Waals surface area contributed by atoms with Gasteiger partial charge in [-0.25, -0.2) is 4.79 Å². The molecule has 0 bridgehead atoms. The molecule has 5 amide bonds. The Morgan fingerprint density at radius 1 is 0.921 bits per heavy atom. The van der Waals surface area contributed by atoms with Gasteiger partial charge in [0.25, 0.3) is 17.7 Å². The van der Waals surface area contributed by atoms with Crippen LogP contribution in [0.4, 0.5) is 10.5 Å². The highest BCUT2D eigenvalue weighted by atomic mass is 16.6. The summed E-state index contributed by atoms with van der Waals surface area (Å²) in [6, 6.07) is 11.3. The normalized spacial score (nSPS) is 12.7. The molecule has 1 aliphatic heterocycles. The first-order valence-electron chi connectivity index (χ1n) is 12.1. The summed E-state index contributed by atoms with van der Waals surface area (Å²) in [5.41, 5.74) is 1.37. The second-order valence-electron chi connectivity index (χ2n) is 9.65. The number of hydrogen-bond donors (Lipinski definition) is 3. The number of benzene rings is 2. The molecule has 0 atom stereocenters. The Bertz CT molecular complexity index is 1220. The second-order valence-corrected chi connectivity index (χ2v) is 9.65. The van der Waals surface area contributed by atoms with Crippen LogP contribution in [0.25, 0.3) is 0 Å². The van der Waals surface area contributed by atoms with E-state index in [1.54, 1.807) is 52.1 Å². The number of rotatable bonds is 10. The number of methoxy groups -OCH3 is 1. The summed E-state index contributed by atoms with van der Waals surface area (Å²) in [5, 5.41) is 7.83. The van der Waals surface area contributed by atoms with Gasteiger partial charge in [-0.3, -0.25) is 24.1 Å². The van der Waals surface area contributed by atoms with Crippen molar-refractivity contribution in [2.45, 2.75) is 39.3 Å². The molecule has 2 aromatic carbocycles. The first-order valence-corrected chi connectivity index (χ1v) is 12.1. The second kappa shape index (κ2) is 12.3. The molecule has 1 aliphatic rings. The van der Waals surface area contributed by atoms with E-state index < -0.39 is 23.5 Å². The van der Waals surface area contributed by atoms with Crippen LogP contribution in [0.1, 0.15) is 63.8 Å². The highest BCUT2D eigenvalue weighted by Gasteiger charge is 2.35. The van der Waals surface area contributed by atoms with Gasteiger partial charge in [-0.15, -0.1) is 0 Å². The van der Waals surface area contributed by atoms with Crippen LogP contribution in [-0.4, -0.2) is 67.0 Å². The number of alkyl carbamates (subject to hydrolysis) is 1. The Hall–Kier alpha value is -4.25. The number of ether oxygens (including phenoxy) is 2. The van der Waals surface area contributed by atoms with Gasteiger partial charge in [0.2, 0.25) is 5.91 Å². The van der Waals surface area contributed by atoms with Crippen molar-refractivity contribution < 1.29 is 33.4 Å². The minimum absolute atomic E-state index is 0.201. The number of anilines is 1. The van der Waals surface area contributed by atoms with E-state index in [9.17, 15) is 24.0 Å². The van der Waals surface area contributed by atoms with Crippen molar-refractivity contribution in [3.05, 3.63) is 64.7 Å². The lowest BCUT2D eigenvalue weighted by molar-refractivity contribution is -0.120. The van der Waals surface area contributed by atoms with Crippen molar-refractivity contribution in [1.29, 1.82) is 0 Å². The molecule has 2 aromatic rings. The van der Waals surface area contributed by atoms with E-state index in [1.165, 1.54) is 18.2 Å². The van der Waals surface area contributed by atoms with Crippen molar-refractivity contribution >= 4 is 35.4 Å². The van der Waals surface area contributed by atoms with Gasteiger partial charge in [0.05, 0.1) is 11.1 Å². The van der Waals surface area contributed by atoms with E-state index in [0.29, 0.717) is 18.7 Å². The van der Waals surface area contributed by atoms with Crippen LogP contribution in [0.2, 0.25) is 0 Å². The maximum Gasteiger partial charge on any atom is 0.408 e. The van der Waals surface area contributed by atoms with E-state index in [-0.39, 0.29) is 48.1 Å². The summed E-state index contributed by atoms with van der Waals surface area (Å²) < 4.78 is 10.1. The van der Waals surface area contributed by atoms with Gasteiger partial charge in [-0.05, 0) is 63.1 Å². The Kier molecular flexibility index (Phi) is 9.19. The lowest BCUT2D eigenvalue weighted by Gasteiger charge is -2.19.